The highest BCUT2D eigenvalue weighted by Gasteiger charge is 2.65. The van der Waals surface area contributed by atoms with Crippen molar-refractivity contribution in [2.24, 2.45) is 23.4 Å². The van der Waals surface area contributed by atoms with Crippen molar-refractivity contribution in [3.63, 3.8) is 0 Å². The number of aliphatic imine (C=N–C) groups is 1. The van der Waals surface area contributed by atoms with Gasteiger partial charge in [0.25, 0.3) is 0 Å². The molecule has 172 valence electrons. The van der Waals surface area contributed by atoms with E-state index in [9.17, 15) is 0 Å². The highest BCUT2D eigenvalue weighted by atomic mass is 16.5. The Hall–Kier alpha value is -1.71. The Bertz CT molecular complexity index is 783. The molecule has 9 heteroatoms. The molecule has 2 aliphatic carbocycles. The molecule has 3 unspecified atom stereocenters. The molecule has 3 heterocycles. The number of hydrogen-bond acceptors (Lipinski definition) is 6. The molecule has 1 aromatic heterocycles. The van der Waals surface area contributed by atoms with Crippen LogP contribution in [0.5, 0.6) is 0 Å². The smallest absolute Gasteiger partial charge is 0.192 e. The van der Waals surface area contributed by atoms with Crippen LogP contribution in [-0.4, -0.2) is 83.8 Å². The average Bonchev–Trinajstić information content (AvgIpc) is 3.52. The first kappa shape index (κ1) is 21.2. The molecule has 4 aliphatic rings. The summed E-state index contributed by atoms with van der Waals surface area (Å²) in [7, 11) is 2.00. The van der Waals surface area contributed by atoms with Crippen molar-refractivity contribution in [2.45, 2.75) is 57.7 Å². The van der Waals surface area contributed by atoms with Crippen LogP contribution < -0.4 is 10.6 Å². The fourth-order valence-electron chi connectivity index (χ4n) is 6.10. The Morgan fingerprint density at radius 3 is 2.74 bits per heavy atom. The molecule has 31 heavy (non-hydrogen) atoms. The molecular formula is C22H37N7O2. The summed E-state index contributed by atoms with van der Waals surface area (Å²) in [5.41, 5.74) is 0.301. The number of aryl methyl sites for hydroxylation is 1. The molecule has 0 bridgehead atoms. The number of aromatic nitrogens is 3. The lowest BCUT2D eigenvalue weighted by Crippen LogP contribution is -2.69. The molecule has 1 spiro atoms. The zero-order valence-electron chi connectivity index (χ0n) is 19.0. The monoisotopic (exact) mass is 431 g/mol. The van der Waals surface area contributed by atoms with Crippen molar-refractivity contribution < 1.29 is 9.47 Å². The van der Waals surface area contributed by atoms with Crippen LogP contribution in [-0.2, 0) is 23.1 Å². The third-order valence-corrected chi connectivity index (χ3v) is 7.96. The highest BCUT2D eigenvalue weighted by molar-refractivity contribution is 5.80. The Kier molecular flexibility index (Phi) is 6.16. The molecule has 0 aromatic carbocycles. The maximum atomic E-state index is 6.17. The topological polar surface area (TPSA) is 88.8 Å². The van der Waals surface area contributed by atoms with Gasteiger partial charge in [0.2, 0.25) is 0 Å². The second kappa shape index (κ2) is 9.03. The van der Waals surface area contributed by atoms with Gasteiger partial charge in [0, 0.05) is 57.2 Å². The van der Waals surface area contributed by atoms with Crippen molar-refractivity contribution in [3.8, 4) is 0 Å². The summed E-state index contributed by atoms with van der Waals surface area (Å²) < 4.78 is 13.7. The summed E-state index contributed by atoms with van der Waals surface area (Å²) in [6.07, 6.45) is 6.79. The van der Waals surface area contributed by atoms with Gasteiger partial charge < -0.3 is 24.7 Å². The molecule has 9 nitrogen and oxygen atoms in total. The number of morpholine rings is 1. The van der Waals surface area contributed by atoms with Gasteiger partial charge in [0.15, 0.2) is 11.8 Å². The number of rotatable bonds is 6. The van der Waals surface area contributed by atoms with Gasteiger partial charge in [-0.25, -0.2) is 4.99 Å². The van der Waals surface area contributed by atoms with Gasteiger partial charge in [0.1, 0.15) is 12.4 Å². The summed E-state index contributed by atoms with van der Waals surface area (Å²) in [6, 6.07) is 0.457. The SMILES string of the molecule is Cc1nnc(CN=C(NCCN2CCOCC2)NC2C3CCOC3C23CCCC3)n1C. The number of hydrogen-bond donors (Lipinski definition) is 2. The lowest BCUT2D eigenvalue weighted by molar-refractivity contribution is -0.125. The third kappa shape index (κ3) is 4.07. The van der Waals surface area contributed by atoms with E-state index in [1.807, 2.05) is 18.5 Å². The first-order chi connectivity index (χ1) is 15.2. The first-order valence-electron chi connectivity index (χ1n) is 12.0. The minimum atomic E-state index is 0.301. The predicted molar refractivity (Wildman–Crippen MR) is 118 cm³/mol. The fourth-order valence-corrected chi connectivity index (χ4v) is 6.10. The Morgan fingerprint density at radius 2 is 2.00 bits per heavy atom. The van der Waals surface area contributed by atoms with Crippen LogP contribution >= 0.6 is 0 Å². The largest absolute Gasteiger partial charge is 0.379 e. The van der Waals surface area contributed by atoms with E-state index in [0.29, 0.717) is 30.0 Å². The third-order valence-electron chi connectivity index (χ3n) is 7.96. The van der Waals surface area contributed by atoms with Crippen LogP contribution in [0.2, 0.25) is 0 Å². The first-order valence-corrected chi connectivity index (χ1v) is 12.0. The van der Waals surface area contributed by atoms with Crippen LogP contribution in [0.1, 0.15) is 43.8 Å². The Balaban J connectivity index is 1.27. The van der Waals surface area contributed by atoms with Crippen molar-refractivity contribution in [3.05, 3.63) is 11.6 Å². The molecule has 2 saturated carbocycles. The van der Waals surface area contributed by atoms with E-state index in [4.69, 9.17) is 14.5 Å². The van der Waals surface area contributed by atoms with Gasteiger partial charge in [0.05, 0.1) is 19.3 Å². The predicted octanol–water partition coefficient (Wildman–Crippen LogP) is 0.839. The van der Waals surface area contributed by atoms with E-state index in [0.717, 1.165) is 70.0 Å². The van der Waals surface area contributed by atoms with Gasteiger partial charge in [-0.15, -0.1) is 10.2 Å². The quantitative estimate of drug-likeness (QED) is 0.510. The summed E-state index contributed by atoms with van der Waals surface area (Å²) in [5.74, 6) is 3.31. The van der Waals surface area contributed by atoms with Crippen LogP contribution in [0.4, 0.5) is 0 Å². The van der Waals surface area contributed by atoms with Gasteiger partial charge in [-0.05, 0) is 26.2 Å². The number of nitrogens with one attached hydrogen (secondary N) is 2. The van der Waals surface area contributed by atoms with Gasteiger partial charge in [-0.2, -0.15) is 0 Å². The fraction of sp³-hybridized carbons (Fsp3) is 0.864. The van der Waals surface area contributed by atoms with Crippen molar-refractivity contribution >= 4 is 5.96 Å². The summed E-state index contributed by atoms with van der Waals surface area (Å²) in [6.45, 7) is 8.94. The zero-order chi connectivity index (χ0) is 21.3. The normalized spacial score (nSPS) is 30.4. The number of nitrogens with zero attached hydrogens (tertiary/aromatic N) is 5. The van der Waals surface area contributed by atoms with Crippen molar-refractivity contribution in [1.82, 2.24) is 30.3 Å². The van der Waals surface area contributed by atoms with E-state index >= 15 is 0 Å². The summed E-state index contributed by atoms with van der Waals surface area (Å²) >= 11 is 0. The molecule has 0 radical (unpaired) electrons. The zero-order valence-corrected chi connectivity index (χ0v) is 19.0. The van der Waals surface area contributed by atoms with Gasteiger partial charge in [-0.1, -0.05) is 12.8 Å². The van der Waals surface area contributed by atoms with Crippen LogP contribution in [0.15, 0.2) is 4.99 Å². The number of ether oxygens (including phenoxy) is 2. The van der Waals surface area contributed by atoms with Crippen LogP contribution in [0.3, 0.4) is 0 Å². The maximum absolute atomic E-state index is 6.17. The standard InChI is InChI=1S/C22H37N7O2/c1-16-26-27-18(28(16)2)15-24-21(23-8-9-29-10-13-30-14-11-29)25-19-17-5-12-31-20(17)22(19)6-3-4-7-22/h17,19-20H,3-15H2,1-2H3,(H2,23,24,25). The molecule has 4 fully saturated rings. The Morgan fingerprint density at radius 1 is 1.19 bits per heavy atom. The summed E-state index contributed by atoms with van der Waals surface area (Å²) in [5, 5.41) is 15.9. The minimum Gasteiger partial charge on any atom is -0.379 e. The lowest BCUT2D eigenvalue weighted by Gasteiger charge is -2.57. The summed E-state index contributed by atoms with van der Waals surface area (Å²) in [4.78, 5) is 7.38. The van der Waals surface area contributed by atoms with E-state index < -0.39 is 0 Å². The average molecular weight is 432 g/mol. The minimum absolute atomic E-state index is 0.301. The molecular weight excluding hydrogens is 394 g/mol. The van der Waals surface area contributed by atoms with E-state index in [2.05, 4.69) is 25.7 Å². The maximum Gasteiger partial charge on any atom is 0.192 e. The molecule has 1 aromatic rings. The van der Waals surface area contributed by atoms with E-state index in [1.54, 1.807) is 0 Å². The molecule has 3 atom stereocenters. The van der Waals surface area contributed by atoms with Crippen LogP contribution in [0.25, 0.3) is 0 Å². The molecule has 2 N–H and O–H groups in total. The molecule has 0 amide bonds. The second-order valence-corrected chi connectivity index (χ2v) is 9.57. The van der Waals surface area contributed by atoms with Gasteiger partial charge in [-0.3, -0.25) is 4.90 Å². The second-order valence-electron chi connectivity index (χ2n) is 9.57. The Labute approximate surface area is 185 Å². The van der Waals surface area contributed by atoms with E-state index in [1.165, 1.54) is 25.7 Å². The molecule has 2 aliphatic heterocycles. The lowest BCUT2D eigenvalue weighted by atomic mass is 9.54. The number of guanidine groups is 1. The molecule has 5 rings (SSSR count). The van der Waals surface area contributed by atoms with Crippen molar-refractivity contribution in [1.29, 1.82) is 0 Å². The van der Waals surface area contributed by atoms with E-state index in [-0.39, 0.29) is 0 Å². The highest BCUT2D eigenvalue weighted by Crippen LogP contribution is 2.60. The van der Waals surface area contributed by atoms with Crippen LogP contribution in [0, 0.1) is 18.3 Å². The van der Waals surface area contributed by atoms with Crippen molar-refractivity contribution in [2.75, 3.05) is 46.0 Å². The molecule has 2 saturated heterocycles. The van der Waals surface area contributed by atoms with Gasteiger partial charge >= 0.3 is 0 Å². The number of fused-ring (bicyclic) bond motifs is 2.